The number of carbonyl (C=O) groups is 1. The molecular weight excluding hydrogens is 212 g/mol. The van der Waals surface area contributed by atoms with Crippen LogP contribution in [0.15, 0.2) is 0 Å². The maximum absolute atomic E-state index is 11.7. The van der Waals surface area contributed by atoms with Gasteiger partial charge in [-0.3, -0.25) is 4.79 Å². The Bertz CT molecular complexity index is 229. The summed E-state index contributed by atoms with van der Waals surface area (Å²) in [5.74, 6) is 0.876. The molecule has 0 radical (unpaired) electrons. The maximum atomic E-state index is 11.7. The first kappa shape index (κ1) is 12.8. The summed E-state index contributed by atoms with van der Waals surface area (Å²) >= 11 is 1.69. The van der Waals surface area contributed by atoms with Gasteiger partial charge in [0, 0.05) is 0 Å². The molecule has 15 heavy (non-hydrogen) atoms. The second-order valence-corrected chi connectivity index (χ2v) is 5.15. The van der Waals surface area contributed by atoms with Crippen molar-refractivity contribution in [3.8, 4) is 0 Å². The van der Waals surface area contributed by atoms with E-state index in [1.807, 2.05) is 13.2 Å². The quantitative estimate of drug-likeness (QED) is 0.703. The predicted octanol–water partition coefficient (Wildman–Crippen LogP) is 0.0501. The van der Waals surface area contributed by atoms with Crippen LogP contribution < -0.4 is 5.73 Å². The Balaban J connectivity index is 2.31. The van der Waals surface area contributed by atoms with Crippen LogP contribution in [0.25, 0.3) is 0 Å². The van der Waals surface area contributed by atoms with Crippen LogP contribution in [0, 0.1) is 0 Å². The monoisotopic (exact) mass is 232 g/mol. The smallest absolute Gasteiger partial charge is 0.239 e. The van der Waals surface area contributed by atoms with Gasteiger partial charge in [0.25, 0.3) is 0 Å². The molecule has 0 aliphatic carbocycles. The van der Waals surface area contributed by atoms with Crippen LogP contribution in [-0.4, -0.2) is 52.7 Å². The topological polar surface area (TPSA) is 66.6 Å². The number of likely N-dealkylation sites (tertiary alicyclic amines) is 1. The van der Waals surface area contributed by atoms with Crippen molar-refractivity contribution in [3.63, 3.8) is 0 Å². The number of carbonyl (C=O) groups excluding carboxylic acids is 1. The van der Waals surface area contributed by atoms with Crippen molar-refractivity contribution in [2.75, 3.05) is 25.1 Å². The number of thioether (sulfide) groups is 1. The Kier molecular flexibility index (Phi) is 4.43. The molecule has 1 fully saturated rings. The van der Waals surface area contributed by atoms with E-state index in [0.29, 0.717) is 25.9 Å². The molecule has 0 aromatic heterocycles. The van der Waals surface area contributed by atoms with Gasteiger partial charge in [-0.2, -0.15) is 11.8 Å². The van der Waals surface area contributed by atoms with Crippen LogP contribution in [0.3, 0.4) is 0 Å². The standard InChI is InChI=1S/C10H20N2O2S/c1-3-10(14)6-12(7-10)9(13)8(11)4-5-15-2/h8,14H,3-7,11H2,1-2H3/t8-/m0/s1. The number of rotatable bonds is 5. The third kappa shape index (κ3) is 3.09. The number of aliphatic hydroxyl groups is 1. The molecule has 0 bridgehead atoms. The summed E-state index contributed by atoms with van der Waals surface area (Å²) in [5, 5.41) is 9.76. The molecule has 1 aliphatic heterocycles. The highest BCUT2D eigenvalue weighted by molar-refractivity contribution is 7.98. The van der Waals surface area contributed by atoms with Crippen LogP contribution >= 0.6 is 11.8 Å². The lowest BCUT2D eigenvalue weighted by Crippen LogP contribution is -2.65. The summed E-state index contributed by atoms with van der Waals surface area (Å²) in [4.78, 5) is 13.4. The SMILES string of the molecule is CCC1(O)CN(C(=O)[C@@H](N)CCSC)C1. The van der Waals surface area contributed by atoms with Crippen LogP contribution in [0.2, 0.25) is 0 Å². The minimum atomic E-state index is -0.658. The molecule has 88 valence electrons. The van der Waals surface area contributed by atoms with Gasteiger partial charge in [0.05, 0.1) is 24.7 Å². The van der Waals surface area contributed by atoms with Gasteiger partial charge in [-0.05, 0) is 24.9 Å². The van der Waals surface area contributed by atoms with Gasteiger partial charge >= 0.3 is 0 Å². The Morgan fingerprint density at radius 3 is 2.73 bits per heavy atom. The van der Waals surface area contributed by atoms with Gasteiger partial charge in [-0.1, -0.05) is 6.92 Å². The van der Waals surface area contributed by atoms with E-state index in [-0.39, 0.29) is 5.91 Å². The Morgan fingerprint density at radius 1 is 1.67 bits per heavy atom. The summed E-state index contributed by atoms with van der Waals surface area (Å²) in [7, 11) is 0. The number of nitrogens with two attached hydrogens (primary N) is 1. The molecule has 0 saturated carbocycles. The number of amides is 1. The van der Waals surface area contributed by atoms with Crippen LogP contribution in [0.5, 0.6) is 0 Å². The van der Waals surface area contributed by atoms with E-state index in [0.717, 1.165) is 5.75 Å². The van der Waals surface area contributed by atoms with Crippen molar-refractivity contribution in [2.45, 2.75) is 31.4 Å². The molecule has 1 rings (SSSR count). The lowest BCUT2D eigenvalue weighted by Gasteiger charge is -2.46. The first-order valence-electron chi connectivity index (χ1n) is 5.28. The minimum absolute atomic E-state index is 0.0258. The summed E-state index contributed by atoms with van der Waals surface area (Å²) in [5.41, 5.74) is 5.10. The van der Waals surface area contributed by atoms with Gasteiger partial charge in [0.15, 0.2) is 0 Å². The van der Waals surface area contributed by atoms with E-state index < -0.39 is 11.6 Å². The Morgan fingerprint density at radius 2 is 2.27 bits per heavy atom. The molecule has 0 unspecified atom stereocenters. The lowest BCUT2D eigenvalue weighted by molar-refractivity contribution is -0.157. The highest BCUT2D eigenvalue weighted by Crippen LogP contribution is 2.24. The molecule has 1 atom stereocenters. The zero-order chi connectivity index (χ0) is 11.5. The normalized spacial score (nSPS) is 20.9. The number of β-amino-alcohol motifs (C(OH)–C–C–N with tert-alkyl or cyclic N) is 1. The second kappa shape index (κ2) is 5.18. The van der Waals surface area contributed by atoms with Crippen LogP contribution in [0.4, 0.5) is 0 Å². The van der Waals surface area contributed by atoms with Crippen LogP contribution in [-0.2, 0) is 4.79 Å². The van der Waals surface area contributed by atoms with Crippen molar-refractivity contribution in [2.24, 2.45) is 5.73 Å². The summed E-state index contributed by atoms with van der Waals surface area (Å²) in [6, 6.07) is -0.404. The largest absolute Gasteiger partial charge is 0.386 e. The molecule has 1 amide bonds. The fourth-order valence-electron chi connectivity index (χ4n) is 1.65. The van der Waals surface area contributed by atoms with Crippen LogP contribution in [0.1, 0.15) is 19.8 Å². The summed E-state index contributed by atoms with van der Waals surface area (Å²) in [6.07, 6.45) is 3.40. The molecule has 0 aromatic carbocycles. The molecule has 5 heteroatoms. The average Bonchev–Trinajstić information content (AvgIpc) is 2.20. The summed E-state index contributed by atoms with van der Waals surface area (Å²) < 4.78 is 0. The first-order chi connectivity index (χ1) is 7.02. The maximum Gasteiger partial charge on any atom is 0.239 e. The minimum Gasteiger partial charge on any atom is -0.386 e. The average molecular weight is 232 g/mol. The lowest BCUT2D eigenvalue weighted by atomic mass is 9.90. The van der Waals surface area contributed by atoms with Crippen molar-refractivity contribution in [1.29, 1.82) is 0 Å². The van der Waals surface area contributed by atoms with Gasteiger partial charge in [0.2, 0.25) is 5.91 Å². The van der Waals surface area contributed by atoms with Crippen molar-refractivity contribution in [1.82, 2.24) is 4.90 Å². The fraction of sp³-hybridized carbons (Fsp3) is 0.900. The molecule has 3 N–H and O–H groups in total. The fourth-order valence-corrected chi connectivity index (χ4v) is 2.14. The number of hydrogen-bond donors (Lipinski definition) is 2. The van der Waals surface area contributed by atoms with Gasteiger partial charge in [0.1, 0.15) is 0 Å². The van der Waals surface area contributed by atoms with E-state index in [9.17, 15) is 9.90 Å². The number of hydrogen-bond acceptors (Lipinski definition) is 4. The Labute approximate surface area is 95.2 Å². The van der Waals surface area contributed by atoms with E-state index in [1.54, 1.807) is 16.7 Å². The number of nitrogens with zero attached hydrogens (tertiary/aromatic N) is 1. The van der Waals surface area contributed by atoms with E-state index >= 15 is 0 Å². The third-order valence-corrected chi connectivity index (χ3v) is 3.53. The molecule has 4 nitrogen and oxygen atoms in total. The zero-order valence-electron chi connectivity index (χ0n) is 9.40. The zero-order valence-corrected chi connectivity index (χ0v) is 10.2. The van der Waals surface area contributed by atoms with E-state index in [2.05, 4.69) is 0 Å². The highest BCUT2D eigenvalue weighted by Gasteiger charge is 2.42. The third-order valence-electron chi connectivity index (χ3n) is 2.89. The van der Waals surface area contributed by atoms with Gasteiger partial charge in [-0.15, -0.1) is 0 Å². The molecule has 1 saturated heterocycles. The van der Waals surface area contributed by atoms with E-state index in [4.69, 9.17) is 5.73 Å². The molecule has 0 spiro atoms. The molecular formula is C10H20N2O2S. The molecule has 1 heterocycles. The van der Waals surface area contributed by atoms with Gasteiger partial charge < -0.3 is 15.7 Å². The first-order valence-corrected chi connectivity index (χ1v) is 6.67. The molecule has 0 aromatic rings. The second-order valence-electron chi connectivity index (χ2n) is 4.16. The highest BCUT2D eigenvalue weighted by atomic mass is 32.2. The summed E-state index contributed by atoms with van der Waals surface area (Å²) in [6.45, 7) is 2.81. The molecule has 1 aliphatic rings. The Hall–Kier alpha value is -0.260. The van der Waals surface area contributed by atoms with Crippen molar-refractivity contribution in [3.05, 3.63) is 0 Å². The van der Waals surface area contributed by atoms with Crippen molar-refractivity contribution < 1.29 is 9.90 Å². The predicted molar refractivity (Wildman–Crippen MR) is 62.8 cm³/mol. The van der Waals surface area contributed by atoms with Crippen molar-refractivity contribution >= 4 is 17.7 Å². The van der Waals surface area contributed by atoms with E-state index in [1.165, 1.54) is 0 Å². The van der Waals surface area contributed by atoms with Gasteiger partial charge in [-0.25, -0.2) is 0 Å².